The number of benzene rings is 3. The number of nitrogens with zero attached hydrogens (tertiary/aromatic N) is 2. The highest BCUT2D eigenvalue weighted by Crippen LogP contribution is 2.37. The zero-order valence-corrected chi connectivity index (χ0v) is 22.9. The fraction of sp³-hybridized carbons (Fsp3) is 0.154. The molecule has 3 aromatic carbocycles. The highest BCUT2D eigenvalue weighted by atomic mass is 79.9. The molecule has 1 fully saturated rings. The van der Waals surface area contributed by atoms with E-state index in [9.17, 15) is 9.18 Å². The number of ether oxygens (including phenoxy) is 2. The zero-order chi connectivity index (χ0) is 25.1. The van der Waals surface area contributed by atoms with Crippen LogP contribution in [0, 0.1) is 5.82 Å². The van der Waals surface area contributed by atoms with Gasteiger partial charge < -0.3 is 14.4 Å². The summed E-state index contributed by atoms with van der Waals surface area (Å²) in [4.78, 5) is 16.5. The van der Waals surface area contributed by atoms with E-state index >= 15 is 0 Å². The molecule has 1 saturated heterocycles. The number of halogens is 3. The molecule has 9 heteroatoms. The van der Waals surface area contributed by atoms with Gasteiger partial charge in [0.2, 0.25) is 0 Å². The first-order valence-corrected chi connectivity index (χ1v) is 12.7. The molecule has 5 nitrogen and oxygen atoms in total. The molecule has 0 unspecified atom stereocenters. The molecule has 0 bridgehead atoms. The van der Waals surface area contributed by atoms with E-state index in [1.807, 2.05) is 43.3 Å². The molecule has 1 aliphatic heterocycles. The first kappa shape index (κ1) is 25.3. The van der Waals surface area contributed by atoms with Gasteiger partial charge in [0, 0.05) is 7.05 Å². The minimum Gasteiger partial charge on any atom is -0.494 e. The fourth-order valence-corrected chi connectivity index (χ4v) is 5.27. The van der Waals surface area contributed by atoms with Crippen molar-refractivity contribution in [2.45, 2.75) is 13.5 Å². The summed E-state index contributed by atoms with van der Waals surface area (Å²) in [5.74, 6) is 0.828. The first-order valence-electron chi connectivity index (χ1n) is 10.7. The quantitative estimate of drug-likeness (QED) is 0.212. The molecule has 0 N–H and O–H groups in total. The molecule has 0 saturated carbocycles. The standard InChI is InChI=1S/C26H21Br2FN2O3S/c1-3-33-20-10-8-19(9-11-20)31-25(32)23(30(2)26(31)35)14-17-12-21(27)24(22(28)13-17)34-15-16-4-6-18(29)7-5-16/h4-14H,3,15H2,1-2H3/b23-14-. The zero-order valence-electron chi connectivity index (χ0n) is 18.9. The summed E-state index contributed by atoms with van der Waals surface area (Å²) in [6, 6.07) is 17.1. The molecule has 1 heterocycles. The van der Waals surface area contributed by atoms with E-state index in [2.05, 4.69) is 31.9 Å². The second kappa shape index (κ2) is 10.9. The minimum absolute atomic E-state index is 0.217. The Balaban J connectivity index is 1.55. The first-order chi connectivity index (χ1) is 16.8. The normalized spacial score (nSPS) is 14.7. The van der Waals surface area contributed by atoms with Gasteiger partial charge in [-0.1, -0.05) is 12.1 Å². The average molecular weight is 620 g/mol. The summed E-state index contributed by atoms with van der Waals surface area (Å²) in [5.41, 5.74) is 2.75. The Kier molecular flexibility index (Phi) is 7.88. The van der Waals surface area contributed by atoms with Crippen LogP contribution < -0.4 is 14.4 Å². The van der Waals surface area contributed by atoms with Crippen LogP contribution in [0.1, 0.15) is 18.1 Å². The van der Waals surface area contributed by atoms with E-state index in [1.54, 1.807) is 30.2 Å². The lowest BCUT2D eigenvalue weighted by Gasteiger charge is -2.16. The topological polar surface area (TPSA) is 42.0 Å². The number of carbonyl (C=O) groups excluding carboxylic acids is 1. The van der Waals surface area contributed by atoms with Gasteiger partial charge in [0.1, 0.15) is 29.6 Å². The van der Waals surface area contributed by atoms with E-state index in [0.717, 1.165) is 16.9 Å². The average Bonchev–Trinajstić information content (AvgIpc) is 3.03. The molecular weight excluding hydrogens is 599 g/mol. The van der Waals surface area contributed by atoms with Gasteiger partial charge in [-0.15, -0.1) is 0 Å². The maximum Gasteiger partial charge on any atom is 0.281 e. The van der Waals surface area contributed by atoms with Gasteiger partial charge in [-0.2, -0.15) is 0 Å². The highest BCUT2D eigenvalue weighted by Gasteiger charge is 2.36. The predicted octanol–water partition coefficient (Wildman–Crippen LogP) is 6.93. The Labute approximate surface area is 225 Å². The van der Waals surface area contributed by atoms with Crippen molar-refractivity contribution in [2.24, 2.45) is 0 Å². The third-order valence-electron chi connectivity index (χ3n) is 5.29. The molecule has 0 aliphatic carbocycles. The molecule has 0 atom stereocenters. The van der Waals surface area contributed by atoms with Crippen LogP contribution in [-0.2, 0) is 11.4 Å². The van der Waals surface area contributed by atoms with Crippen LogP contribution in [0.3, 0.4) is 0 Å². The van der Waals surface area contributed by atoms with Gasteiger partial charge in [0.05, 0.1) is 21.2 Å². The second-order valence-electron chi connectivity index (χ2n) is 7.67. The monoisotopic (exact) mass is 618 g/mol. The number of rotatable bonds is 7. The Bertz CT molecular complexity index is 1270. The Hall–Kier alpha value is -2.75. The predicted molar refractivity (Wildman–Crippen MR) is 146 cm³/mol. The fourth-order valence-electron chi connectivity index (χ4n) is 3.54. The molecule has 0 radical (unpaired) electrons. The number of carbonyl (C=O) groups is 1. The largest absolute Gasteiger partial charge is 0.494 e. The third kappa shape index (κ3) is 5.58. The lowest BCUT2D eigenvalue weighted by molar-refractivity contribution is -0.114. The molecule has 1 aliphatic rings. The van der Waals surface area contributed by atoms with Crippen LogP contribution in [0.15, 0.2) is 75.3 Å². The van der Waals surface area contributed by atoms with Crippen LogP contribution in [0.2, 0.25) is 0 Å². The summed E-state index contributed by atoms with van der Waals surface area (Å²) in [6.45, 7) is 2.77. The van der Waals surface area contributed by atoms with Gasteiger partial charge in [0.15, 0.2) is 5.11 Å². The molecule has 0 aromatic heterocycles. The van der Waals surface area contributed by atoms with Gasteiger partial charge in [0.25, 0.3) is 5.91 Å². The van der Waals surface area contributed by atoms with Crippen molar-refractivity contribution in [1.82, 2.24) is 4.90 Å². The number of hydrogen-bond donors (Lipinski definition) is 0. The van der Waals surface area contributed by atoms with E-state index in [4.69, 9.17) is 21.7 Å². The summed E-state index contributed by atoms with van der Waals surface area (Å²) in [5, 5.41) is 0.391. The SMILES string of the molecule is CCOc1ccc(N2C(=O)/C(=C/c3cc(Br)c(OCc4ccc(F)cc4)c(Br)c3)N(C)C2=S)cc1. The summed E-state index contributed by atoms with van der Waals surface area (Å²) in [7, 11) is 1.77. The highest BCUT2D eigenvalue weighted by molar-refractivity contribution is 9.11. The summed E-state index contributed by atoms with van der Waals surface area (Å²) >= 11 is 12.7. The molecular formula is C26H21Br2FN2O3S. The van der Waals surface area contributed by atoms with Crippen LogP contribution in [-0.4, -0.2) is 29.6 Å². The van der Waals surface area contributed by atoms with Crippen molar-refractivity contribution in [2.75, 3.05) is 18.6 Å². The van der Waals surface area contributed by atoms with E-state index in [-0.39, 0.29) is 18.3 Å². The Morgan fingerprint density at radius 2 is 1.63 bits per heavy atom. The molecule has 0 spiro atoms. The lowest BCUT2D eigenvalue weighted by atomic mass is 10.1. The van der Waals surface area contributed by atoms with Crippen molar-refractivity contribution in [3.05, 3.63) is 92.3 Å². The van der Waals surface area contributed by atoms with Crippen molar-refractivity contribution >= 4 is 66.9 Å². The maximum atomic E-state index is 13.3. The molecule has 1 amide bonds. The number of amides is 1. The smallest absolute Gasteiger partial charge is 0.281 e. The maximum absolute atomic E-state index is 13.3. The van der Waals surface area contributed by atoms with Crippen LogP contribution in [0.4, 0.5) is 10.1 Å². The molecule has 4 rings (SSSR count). The molecule has 35 heavy (non-hydrogen) atoms. The number of anilines is 1. The lowest BCUT2D eigenvalue weighted by Crippen LogP contribution is -2.31. The Morgan fingerprint density at radius 3 is 2.23 bits per heavy atom. The van der Waals surface area contributed by atoms with E-state index < -0.39 is 0 Å². The van der Waals surface area contributed by atoms with Crippen LogP contribution in [0.25, 0.3) is 6.08 Å². The van der Waals surface area contributed by atoms with Crippen molar-refractivity contribution in [3.8, 4) is 11.5 Å². The van der Waals surface area contributed by atoms with E-state index in [0.29, 0.717) is 37.8 Å². The van der Waals surface area contributed by atoms with Gasteiger partial charge in [-0.3, -0.25) is 9.69 Å². The number of thiocarbonyl (C=S) groups is 1. The number of hydrogen-bond acceptors (Lipinski definition) is 4. The minimum atomic E-state index is -0.291. The van der Waals surface area contributed by atoms with Crippen molar-refractivity contribution < 1.29 is 18.7 Å². The van der Waals surface area contributed by atoms with Gasteiger partial charge in [-0.25, -0.2) is 4.39 Å². The summed E-state index contributed by atoms with van der Waals surface area (Å²) in [6.07, 6.45) is 1.78. The van der Waals surface area contributed by atoms with Crippen LogP contribution in [0.5, 0.6) is 11.5 Å². The number of likely N-dealkylation sites (N-methyl/N-ethyl adjacent to an activating group) is 1. The van der Waals surface area contributed by atoms with Crippen LogP contribution >= 0.6 is 44.1 Å². The molecule has 3 aromatic rings. The Morgan fingerprint density at radius 1 is 1.00 bits per heavy atom. The second-order valence-corrected chi connectivity index (χ2v) is 9.74. The van der Waals surface area contributed by atoms with Crippen molar-refractivity contribution in [1.29, 1.82) is 0 Å². The van der Waals surface area contributed by atoms with Gasteiger partial charge in [-0.05, 0) is 117 Å². The van der Waals surface area contributed by atoms with Crippen molar-refractivity contribution in [3.63, 3.8) is 0 Å². The van der Waals surface area contributed by atoms with Gasteiger partial charge >= 0.3 is 0 Å². The molecule has 180 valence electrons. The summed E-state index contributed by atoms with van der Waals surface area (Å²) < 4.78 is 26.0. The van der Waals surface area contributed by atoms with E-state index in [1.165, 1.54) is 17.0 Å². The third-order valence-corrected chi connectivity index (χ3v) is 6.92.